The van der Waals surface area contributed by atoms with Crippen LogP contribution in [-0.2, 0) is 32.7 Å². The smallest absolute Gasteiger partial charge is 0.462 e. The minimum atomic E-state index is -4.38. The van der Waals surface area contributed by atoms with Crippen molar-refractivity contribution in [2.75, 3.05) is 26.4 Å². The minimum absolute atomic E-state index is 0.0557. The summed E-state index contributed by atoms with van der Waals surface area (Å²) in [5.41, 5.74) is 5.36. The van der Waals surface area contributed by atoms with Crippen LogP contribution in [0.4, 0.5) is 0 Å². The van der Waals surface area contributed by atoms with Crippen molar-refractivity contribution in [2.24, 2.45) is 5.73 Å². The Balaban J connectivity index is 4.06. The zero-order chi connectivity index (χ0) is 41.8. The molecule has 0 amide bonds. The Kier molecular flexibility index (Phi) is 43.3. The largest absolute Gasteiger partial charge is 0.472 e. The van der Waals surface area contributed by atoms with Gasteiger partial charge in [-0.3, -0.25) is 18.6 Å². The maximum atomic E-state index is 12.6. The van der Waals surface area contributed by atoms with Crippen molar-refractivity contribution in [3.05, 3.63) is 12.2 Å². The number of allylic oxidation sites excluding steroid dienone is 2. The molecule has 0 saturated carbocycles. The van der Waals surface area contributed by atoms with Crippen LogP contribution in [0.1, 0.15) is 245 Å². The average molecular weight is 830 g/mol. The van der Waals surface area contributed by atoms with Crippen LogP contribution in [0.15, 0.2) is 12.2 Å². The maximum absolute atomic E-state index is 12.6. The molecule has 57 heavy (non-hydrogen) atoms. The monoisotopic (exact) mass is 830 g/mol. The summed E-state index contributed by atoms with van der Waals surface area (Å²) in [5.74, 6) is -0.819. The van der Waals surface area contributed by atoms with Crippen LogP contribution >= 0.6 is 7.82 Å². The second-order valence-corrected chi connectivity index (χ2v) is 17.8. The molecule has 0 rings (SSSR count). The highest BCUT2D eigenvalue weighted by Gasteiger charge is 2.26. The van der Waals surface area contributed by atoms with Crippen LogP contribution < -0.4 is 5.73 Å². The number of phosphoric acid groups is 1. The highest BCUT2D eigenvalue weighted by Crippen LogP contribution is 2.43. The molecule has 0 aromatic rings. The predicted molar refractivity (Wildman–Crippen MR) is 238 cm³/mol. The van der Waals surface area contributed by atoms with Gasteiger partial charge in [-0.2, -0.15) is 0 Å². The molecule has 0 aliphatic heterocycles. The highest BCUT2D eigenvalue weighted by molar-refractivity contribution is 7.47. The maximum Gasteiger partial charge on any atom is 0.472 e. The number of hydrogen-bond donors (Lipinski definition) is 2. The van der Waals surface area contributed by atoms with Gasteiger partial charge < -0.3 is 20.1 Å². The molecule has 0 aliphatic rings. The van der Waals surface area contributed by atoms with Crippen LogP contribution in [0.2, 0.25) is 0 Å². The van der Waals surface area contributed by atoms with E-state index >= 15 is 0 Å². The summed E-state index contributed by atoms with van der Waals surface area (Å²) in [6.45, 7) is 3.77. The molecule has 0 spiro atoms. The van der Waals surface area contributed by atoms with E-state index in [1.807, 2.05) is 0 Å². The van der Waals surface area contributed by atoms with Crippen molar-refractivity contribution in [3.63, 3.8) is 0 Å². The first kappa shape index (κ1) is 55.8. The molecule has 338 valence electrons. The number of nitrogens with two attached hydrogens (primary N) is 1. The molecule has 0 saturated heterocycles. The summed E-state index contributed by atoms with van der Waals surface area (Å²) in [7, 11) is -4.38. The van der Waals surface area contributed by atoms with Gasteiger partial charge in [0, 0.05) is 19.4 Å². The van der Waals surface area contributed by atoms with Crippen LogP contribution in [0.5, 0.6) is 0 Å². The van der Waals surface area contributed by atoms with E-state index in [0.29, 0.717) is 6.42 Å². The predicted octanol–water partition coefficient (Wildman–Crippen LogP) is 14.2. The fraction of sp³-hybridized carbons (Fsp3) is 0.915. The van der Waals surface area contributed by atoms with Crippen molar-refractivity contribution in [2.45, 2.75) is 251 Å². The Labute approximate surface area is 351 Å². The molecule has 2 unspecified atom stereocenters. The normalized spacial score (nSPS) is 13.3. The van der Waals surface area contributed by atoms with Crippen LogP contribution in [-0.4, -0.2) is 49.3 Å². The number of carbonyl (C=O) groups is 2. The fourth-order valence-electron chi connectivity index (χ4n) is 7.04. The first-order valence-corrected chi connectivity index (χ1v) is 25.7. The summed E-state index contributed by atoms with van der Waals surface area (Å²) < 4.78 is 32.9. The lowest BCUT2D eigenvalue weighted by Crippen LogP contribution is -2.29. The van der Waals surface area contributed by atoms with Crippen LogP contribution in [0, 0.1) is 0 Å². The Morgan fingerprint density at radius 3 is 1.25 bits per heavy atom. The molecular formula is C47H92NO8P. The molecule has 0 bridgehead atoms. The zero-order valence-electron chi connectivity index (χ0n) is 37.3. The van der Waals surface area contributed by atoms with Gasteiger partial charge >= 0.3 is 19.8 Å². The Hall–Kier alpha value is -1.25. The Bertz CT molecular complexity index is 948. The van der Waals surface area contributed by atoms with E-state index in [1.165, 1.54) is 167 Å². The average Bonchev–Trinajstić information content (AvgIpc) is 3.20. The molecule has 9 nitrogen and oxygen atoms in total. The van der Waals surface area contributed by atoms with E-state index in [0.717, 1.165) is 44.9 Å². The zero-order valence-corrected chi connectivity index (χ0v) is 38.2. The molecule has 0 aromatic carbocycles. The molecule has 0 heterocycles. The lowest BCUT2D eigenvalue weighted by Gasteiger charge is -2.19. The molecular weight excluding hydrogens is 737 g/mol. The van der Waals surface area contributed by atoms with E-state index in [-0.39, 0.29) is 38.6 Å². The first-order chi connectivity index (χ1) is 27.8. The molecule has 0 aromatic heterocycles. The summed E-state index contributed by atoms with van der Waals surface area (Å²) >= 11 is 0. The molecule has 2 atom stereocenters. The third kappa shape index (κ3) is 44.1. The van der Waals surface area contributed by atoms with Gasteiger partial charge in [-0.05, 0) is 38.5 Å². The molecule has 3 N–H and O–H groups in total. The van der Waals surface area contributed by atoms with E-state index in [4.69, 9.17) is 24.3 Å². The van der Waals surface area contributed by atoms with Gasteiger partial charge in [-0.25, -0.2) is 4.57 Å². The van der Waals surface area contributed by atoms with Gasteiger partial charge in [0.05, 0.1) is 13.2 Å². The first-order valence-electron chi connectivity index (χ1n) is 24.2. The SMILES string of the molecule is CCCCCCCCC/C=C\CCCCCCCCCC(=O)OC(COC(=O)CCCCCCCCCCCCCCCCCCCC)COP(=O)(O)OCCN. The number of hydrogen-bond acceptors (Lipinski definition) is 8. The lowest BCUT2D eigenvalue weighted by molar-refractivity contribution is -0.161. The third-order valence-corrected chi connectivity index (χ3v) is 11.6. The van der Waals surface area contributed by atoms with Crippen molar-refractivity contribution in [1.29, 1.82) is 0 Å². The fourth-order valence-corrected chi connectivity index (χ4v) is 7.81. The van der Waals surface area contributed by atoms with Crippen LogP contribution in [0.25, 0.3) is 0 Å². The highest BCUT2D eigenvalue weighted by atomic mass is 31.2. The van der Waals surface area contributed by atoms with E-state index < -0.39 is 26.5 Å². The third-order valence-electron chi connectivity index (χ3n) is 10.7. The van der Waals surface area contributed by atoms with E-state index in [2.05, 4.69) is 26.0 Å². The molecule has 0 aliphatic carbocycles. The quantitative estimate of drug-likeness (QED) is 0.0266. The summed E-state index contributed by atoms with van der Waals surface area (Å²) in [4.78, 5) is 35.0. The minimum Gasteiger partial charge on any atom is -0.462 e. The summed E-state index contributed by atoms with van der Waals surface area (Å²) in [6.07, 6.45) is 46.7. The second kappa shape index (κ2) is 44.3. The topological polar surface area (TPSA) is 134 Å². The van der Waals surface area contributed by atoms with Crippen molar-refractivity contribution >= 4 is 19.8 Å². The summed E-state index contributed by atoms with van der Waals surface area (Å²) in [5, 5.41) is 0. The van der Waals surface area contributed by atoms with E-state index in [9.17, 15) is 19.0 Å². The van der Waals surface area contributed by atoms with Crippen molar-refractivity contribution in [1.82, 2.24) is 0 Å². The van der Waals surface area contributed by atoms with Crippen LogP contribution in [0.3, 0.4) is 0 Å². The number of ether oxygens (including phenoxy) is 2. The standard InChI is InChI=1S/C47H92NO8P/c1-3-5-7-9-11-13-15-17-19-21-23-25-27-29-31-33-35-37-39-46(49)53-43-45(44-55-57(51,52)54-42-41-48)56-47(50)40-38-36-34-32-30-28-26-24-22-20-18-16-14-12-10-8-6-4-2/h20,22,45H,3-19,21,23-44,48H2,1-2H3,(H,51,52)/b22-20-. The number of carbonyl (C=O) groups excluding carboxylic acids is 2. The Morgan fingerprint density at radius 2 is 0.860 bits per heavy atom. The second-order valence-electron chi connectivity index (χ2n) is 16.3. The molecule has 10 heteroatoms. The van der Waals surface area contributed by atoms with Crippen molar-refractivity contribution < 1.29 is 37.6 Å². The molecule has 0 fully saturated rings. The summed E-state index contributed by atoms with van der Waals surface area (Å²) in [6, 6.07) is 0. The molecule has 0 radical (unpaired) electrons. The number of esters is 2. The lowest BCUT2D eigenvalue weighted by atomic mass is 10.0. The van der Waals surface area contributed by atoms with Gasteiger partial charge in [0.25, 0.3) is 0 Å². The van der Waals surface area contributed by atoms with Gasteiger partial charge in [-0.15, -0.1) is 0 Å². The van der Waals surface area contributed by atoms with Crippen molar-refractivity contribution in [3.8, 4) is 0 Å². The van der Waals surface area contributed by atoms with Gasteiger partial charge in [0.1, 0.15) is 6.61 Å². The number of unbranched alkanes of at least 4 members (excludes halogenated alkanes) is 31. The van der Waals surface area contributed by atoms with Gasteiger partial charge in [-0.1, -0.05) is 206 Å². The van der Waals surface area contributed by atoms with Gasteiger partial charge in [0.15, 0.2) is 6.10 Å². The number of rotatable bonds is 46. The van der Waals surface area contributed by atoms with E-state index in [1.54, 1.807) is 0 Å². The number of phosphoric ester groups is 1. The Morgan fingerprint density at radius 1 is 0.509 bits per heavy atom. The van der Waals surface area contributed by atoms with Gasteiger partial charge in [0.2, 0.25) is 0 Å².